The zero-order chi connectivity index (χ0) is 10.9. The molecular weight excluding hydrogens is 196 g/mol. The zero-order valence-corrected chi connectivity index (χ0v) is 8.65. The predicted octanol–water partition coefficient (Wildman–Crippen LogP) is 1.39. The lowest BCUT2D eigenvalue weighted by Crippen LogP contribution is -2.52. The van der Waals surface area contributed by atoms with E-state index in [1.807, 2.05) is 12.1 Å². The SMILES string of the molecule is COC1(C(C)=O)COc2ccccc2O1. The summed E-state index contributed by atoms with van der Waals surface area (Å²) in [6.45, 7) is 1.50. The van der Waals surface area contributed by atoms with E-state index in [-0.39, 0.29) is 12.4 Å². The van der Waals surface area contributed by atoms with Crippen molar-refractivity contribution < 1.29 is 19.0 Å². The summed E-state index contributed by atoms with van der Waals surface area (Å²) in [6.07, 6.45) is 0. The van der Waals surface area contributed by atoms with Crippen molar-refractivity contribution in [2.75, 3.05) is 13.7 Å². The Labute approximate surface area is 87.8 Å². The van der Waals surface area contributed by atoms with E-state index in [0.717, 1.165) is 0 Å². The van der Waals surface area contributed by atoms with Gasteiger partial charge in [0.15, 0.2) is 18.1 Å². The van der Waals surface area contributed by atoms with Crippen LogP contribution in [-0.2, 0) is 9.53 Å². The van der Waals surface area contributed by atoms with E-state index in [1.54, 1.807) is 12.1 Å². The molecule has 0 radical (unpaired) electrons. The van der Waals surface area contributed by atoms with Crippen LogP contribution in [0, 0.1) is 0 Å². The predicted molar refractivity (Wildman–Crippen MR) is 53.0 cm³/mol. The first-order chi connectivity index (χ1) is 7.18. The van der Waals surface area contributed by atoms with Crippen LogP contribution in [-0.4, -0.2) is 25.3 Å². The molecule has 1 aliphatic heterocycles. The number of ketones is 1. The number of carbonyl (C=O) groups is 1. The summed E-state index contributed by atoms with van der Waals surface area (Å²) in [4.78, 5) is 11.4. The number of carbonyl (C=O) groups excluding carboxylic acids is 1. The third-order valence-electron chi connectivity index (χ3n) is 2.41. The number of hydrogen-bond donors (Lipinski definition) is 0. The maximum atomic E-state index is 11.4. The van der Waals surface area contributed by atoms with Crippen LogP contribution in [0.4, 0.5) is 0 Å². The van der Waals surface area contributed by atoms with Gasteiger partial charge in [-0.3, -0.25) is 4.79 Å². The highest BCUT2D eigenvalue weighted by molar-refractivity contribution is 5.84. The van der Waals surface area contributed by atoms with Crippen LogP contribution in [0.3, 0.4) is 0 Å². The first kappa shape index (κ1) is 9.98. The molecule has 0 bridgehead atoms. The standard InChI is InChI=1S/C11H12O4/c1-8(12)11(13-2)7-14-9-5-3-4-6-10(9)15-11/h3-6H,7H2,1-2H3. The summed E-state index contributed by atoms with van der Waals surface area (Å²) in [5.74, 6) is -0.347. The highest BCUT2D eigenvalue weighted by Crippen LogP contribution is 2.35. The summed E-state index contributed by atoms with van der Waals surface area (Å²) >= 11 is 0. The number of benzene rings is 1. The molecule has 0 fully saturated rings. The summed E-state index contributed by atoms with van der Waals surface area (Å²) in [5.41, 5.74) is 0. The molecule has 80 valence electrons. The maximum Gasteiger partial charge on any atom is 0.304 e. The molecule has 0 amide bonds. The number of methoxy groups -OCH3 is 1. The second-order valence-corrected chi connectivity index (χ2v) is 3.35. The molecule has 4 heteroatoms. The monoisotopic (exact) mass is 208 g/mol. The lowest BCUT2D eigenvalue weighted by molar-refractivity contribution is -0.198. The molecule has 2 rings (SSSR count). The van der Waals surface area contributed by atoms with Gasteiger partial charge in [0.2, 0.25) is 5.78 Å². The minimum atomic E-state index is -1.30. The third-order valence-corrected chi connectivity index (χ3v) is 2.41. The highest BCUT2D eigenvalue weighted by Gasteiger charge is 2.43. The Morgan fingerprint density at radius 1 is 1.40 bits per heavy atom. The summed E-state index contributed by atoms with van der Waals surface area (Å²) < 4.78 is 16.1. The quantitative estimate of drug-likeness (QED) is 0.736. The molecule has 1 aliphatic rings. The molecular formula is C11H12O4. The van der Waals surface area contributed by atoms with Crippen molar-refractivity contribution in [2.24, 2.45) is 0 Å². The Kier molecular flexibility index (Phi) is 2.36. The topological polar surface area (TPSA) is 44.8 Å². The number of rotatable bonds is 2. The number of ether oxygens (including phenoxy) is 3. The molecule has 0 saturated carbocycles. The normalized spacial score (nSPS) is 23.6. The fourth-order valence-corrected chi connectivity index (χ4v) is 1.45. The molecule has 1 aromatic carbocycles. The Balaban J connectivity index is 2.35. The fraction of sp³-hybridized carbons (Fsp3) is 0.364. The van der Waals surface area contributed by atoms with Crippen molar-refractivity contribution in [3.63, 3.8) is 0 Å². The van der Waals surface area contributed by atoms with Crippen molar-refractivity contribution in [1.82, 2.24) is 0 Å². The minimum Gasteiger partial charge on any atom is -0.482 e. The summed E-state index contributed by atoms with van der Waals surface area (Å²) in [5, 5.41) is 0. The van der Waals surface area contributed by atoms with E-state index in [9.17, 15) is 4.79 Å². The number of fused-ring (bicyclic) bond motifs is 1. The molecule has 15 heavy (non-hydrogen) atoms. The molecule has 4 nitrogen and oxygen atoms in total. The average Bonchev–Trinajstić information content (AvgIpc) is 2.28. The van der Waals surface area contributed by atoms with E-state index in [4.69, 9.17) is 14.2 Å². The van der Waals surface area contributed by atoms with Gasteiger partial charge in [0.1, 0.15) is 0 Å². The Bertz CT molecular complexity index is 388. The molecule has 0 N–H and O–H groups in total. The van der Waals surface area contributed by atoms with Crippen molar-refractivity contribution in [3.8, 4) is 11.5 Å². The van der Waals surface area contributed by atoms with Crippen LogP contribution in [0.15, 0.2) is 24.3 Å². The van der Waals surface area contributed by atoms with Crippen LogP contribution in [0.5, 0.6) is 11.5 Å². The lowest BCUT2D eigenvalue weighted by Gasteiger charge is -2.34. The molecule has 0 saturated heterocycles. The number of Topliss-reactive ketones (excluding diaryl/α,β-unsaturated/α-hetero) is 1. The van der Waals surface area contributed by atoms with E-state index >= 15 is 0 Å². The van der Waals surface area contributed by atoms with Crippen LogP contribution in [0.25, 0.3) is 0 Å². The first-order valence-corrected chi connectivity index (χ1v) is 4.65. The second-order valence-electron chi connectivity index (χ2n) is 3.35. The van der Waals surface area contributed by atoms with Gasteiger partial charge in [-0.1, -0.05) is 12.1 Å². The van der Waals surface area contributed by atoms with Crippen molar-refractivity contribution >= 4 is 5.78 Å². The largest absolute Gasteiger partial charge is 0.482 e. The van der Waals surface area contributed by atoms with E-state index < -0.39 is 5.79 Å². The zero-order valence-electron chi connectivity index (χ0n) is 8.65. The van der Waals surface area contributed by atoms with E-state index in [1.165, 1.54) is 14.0 Å². The molecule has 0 aliphatic carbocycles. The van der Waals surface area contributed by atoms with Gasteiger partial charge in [-0.25, -0.2) is 0 Å². The van der Waals surface area contributed by atoms with Crippen molar-refractivity contribution in [2.45, 2.75) is 12.7 Å². The third kappa shape index (κ3) is 1.57. The first-order valence-electron chi connectivity index (χ1n) is 4.65. The van der Waals surface area contributed by atoms with Gasteiger partial charge in [-0.15, -0.1) is 0 Å². The smallest absolute Gasteiger partial charge is 0.304 e. The highest BCUT2D eigenvalue weighted by atomic mass is 16.7. The maximum absolute atomic E-state index is 11.4. The second kappa shape index (κ2) is 3.55. The average molecular weight is 208 g/mol. The summed E-state index contributed by atoms with van der Waals surface area (Å²) in [6, 6.07) is 7.18. The summed E-state index contributed by atoms with van der Waals surface area (Å²) in [7, 11) is 1.43. The number of hydrogen-bond acceptors (Lipinski definition) is 4. The van der Waals surface area contributed by atoms with Gasteiger partial charge in [0.25, 0.3) is 0 Å². The fourth-order valence-electron chi connectivity index (χ4n) is 1.45. The van der Waals surface area contributed by atoms with Gasteiger partial charge in [-0.2, -0.15) is 0 Å². The minimum absolute atomic E-state index is 0.0792. The van der Waals surface area contributed by atoms with Crippen LogP contribution >= 0.6 is 0 Å². The van der Waals surface area contributed by atoms with Gasteiger partial charge in [0.05, 0.1) is 0 Å². The van der Waals surface area contributed by atoms with Crippen LogP contribution in [0.1, 0.15) is 6.92 Å². The molecule has 1 heterocycles. The van der Waals surface area contributed by atoms with Crippen molar-refractivity contribution in [3.05, 3.63) is 24.3 Å². The molecule has 1 unspecified atom stereocenters. The molecule has 1 atom stereocenters. The Morgan fingerprint density at radius 2 is 2.07 bits per heavy atom. The van der Waals surface area contributed by atoms with Crippen LogP contribution < -0.4 is 9.47 Å². The van der Waals surface area contributed by atoms with Gasteiger partial charge >= 0.3 is 5.79 Å². The van der Waals surface area contributed by atoms with Crippen molar-refractivity contribution in [1.29, 1.82) is 0 Å². The van der Waals surface area contributed by atoms with Crippen LogP contribution in [0.2, 0.25) is 0 Å². The Hall–Kier alpha value is -1.55. The lowest BCUT2D eigenvalue weighted by atomic mass is 10.1. The number of para-hydroxylation sites is 2. The molecule has 0 spiro atoms. The van der Waals surface area contributed by atoms with Gasteiger partial charge in [-0.05, 0) is 12.1 Å². The van der Waals surface area contributed by atoms with Gasteiger partial charge < -0.3 is 14.2 Å². The Morgan fingerprint density at radius 3 is 2.67 bits per heavy atom. The van der Waals surface area contributed by atoms with Gasteiger partial charge in [0, 0.05) is 14.0 Å². The van der Waals surface area contributed by atoms with E-state index in [0.29, 0.717) is 11.5 Å². The van der Waals surface area contributed by atoms with E-state index in [2.05, 4.69) is 0 Å². The molecule has 1 aromatic rings. The molecule has 0 aromatic heterocycles.